The van der Waals surface area contributed by atoms with E-state index in [4.69, 9.17) is 10.6 Å². The Kier molecular flexibility index (Phi) is 3.10. The van der Waals surface area contributed by atoms with E-state index in [0.29, 0.717) is 12.5 Å². The van der Waals surface area contributed by atoms with Crippen molar-refractivity contribution in [1.82, 2.24) is 0 Å². The van der Waals surface area contributed by atoms with Crippen LogP contribution in [0.25, 0.3) is 0 Å². The van der Waals surface area contributed by atoms with E-state index >= 15 is 0 Å². The van der Waals surface area contributed by atoms with Gasteiger partial charge in [0, 0.05) is 6.92 Å². The van der Waals surface area contributed by atoms with Crippen molar-refractivity contribution in [2.75, 3.05) is 6.61 Å². The number of hydrazone groups is 1. The van der Waals surface area contributed by atoms with Gasteiger partial charge in [0.2, 0.25) is 5.90 Å². The van der Waals surface area contributed by atoms with Crippen LogP contribution in [0.3, 0.4) is 0 Å². The van der Waals surface area contributed by atoms with Crippen molar-refractivity contribution in [2.45, 2.75) is 13.8 Å². The molecule has 0 fully saturated rings. The Labute approximate surface area is 43.2 Å². The van der Waals surface area contributed by atoms with Crippen LogP contribution in [0.4, 0.5) is 0 Å². The van der Waals surface area contributed by atoms with Gasteiger partial charge in [-0.1, -0.05) is 0 Å². The Morgan fingerprint density at radius 1 is 1.86 bits per heavy atom. The van der Waals surface area contributed by atoms with Crippen molar-refractivity contribution in [3.8, 4) is 0 Å². The Morgan fingerprint density at radius 3 is 2.57 bits per heavy atom. The molecule has 0 radical (unpaired) electrons. The maximum absolute atomic E-state index is 4.82. The maximum Gasteiger partial charge on any atom is 0.202 e. The molecule has 3 heteroatoms. The summed E-state index contributed by atoms with van der Waals surface area (Å²) >= 11 is 0. The summed E-state index contributed by atoms with van der Waals surface area (Å²) in [6, 6.07) is 0. The average Bonchev–Trinajstić information content (AvgIpc) is 1.68. The van der Waals surface area contributed by atoms with Crippen LogP contribution in [0.2, 0.25) is 0 Å². The van der Waals surface area contributed by atoms with Crippen LogP contribution in [-0.4, -0.2) is 12.5 Å². The highest BCUT2D eigenvalue weighted by atomic mass is 16.5. The first-order chi connectivity index (χ1) is 3.31. The zero-order valence-electron chi connectivity index (χ0n) is 4.64. The zero-order valence-corrected chi connectivity index (χ0v) is 4.64. The van der Waals surface area contributed by atoms with E-state index in [0.717, 1.165) is 0 Å². The second kappa shape index (κ2) is 3.46. The second-order valence-corrected chi connectivity index (χ2v) is 1.08. The molecule has 0 spiro atoms. The summed E-state index contributed by atoms with van der Waals surface area (Å²) < 4.78 is 4.82. The maximum atomic E-state index is 4.82. The number of rotatable bonds is 1. The molecule has 0 saturated heterocycles. The van der Waals surface area contributed by atoms with Crippen LogP contribution in [0.1, 0.15) is 13.8 Å². The first-order valence-corrected chi connectivity index (χ1v) is 2.18. The van der Waals surface area contributed by atoms with Crippen LogP contribution in [-0.2, 0) is 4.74 Å². The molecule has 0 atom stereocenters. The Morgan fingerprint density at radius 2 is 2.43 bits per heavy atom. The van der Waals surface area contributed by atoms with Crippen molar-refractivity contribution in [2.24, 2.45) is 10.9 Å². The number of ether oxygens (including phenoxy) is 1. The van der Waals surface area contributed by atoms with Crippen molar-refractivity contribution in [3.05, 3.63) is 0 Å². The molecule has 42 valence electrons. The standard InChI is InChI=1S/C4H10N2O/c1-3-7-4(2)6-5/h3,5H2,1-2H3. The van der Waals surface area contributed by atoms with Gasteiger partial charge < -0.3 is 10.6 Å². The molecule has 0 aliphatic carbocycles. The lowest BCUT2D eigenvalue weighted by Crippen LogP contribution is -2.01. The number of hydrogen-bond donors (Lipinski definition) is 1. The molecule has 0 aromatic carbocycles. The molecule has 3 nitrogen and oxygen atoms in total. The number of hydrogen-bond acceptors (Lipinski definition) is 3. The van der Waals surface area contributed by atoms with Gasteiger partial charge in [0.15, 0.2) is 0 Å². The molecule has 0 aliphatic heterocycles. The van der Waals surface area contributed by atoms with Gasteiger partial charge in [-0.2, -0.15) is 0 Å². The van der Waals surface area contributed by atoms with E-state index in [-0.39, 0.29) is 0 Å². The van der Waals surface area contributed by atoms with Crippen molar-refractivity contribution in [1.29, 1.82) is 0 Å². The third-order valence-corrected chi connectivity index (χ3v) is 0.535. The van der Waals surface area contributed by atoms with Gasteiger partial charge in [-0.15, -0.1) is 5.10 Å². The molecule has 2 N–H and O–H groups in total. The lowest BCUT2D eigenvalue weighted by Gasteiger charge is -1.95. The van der Waals surface area contributed by atoms with Gasteiger partial charge in [-0.05, 0) is 6.92 Å². The summed E-state index contributed by atoms with van der Waals surface area (Å²) in [4.78, 5) is 0. The fourth-order valence-electron chi connectivity index (χ4n) is 0.246. The summed E-state index contributed by atoms with van der Waals surface area (Å²) in [7, 11) is 0. The molecule has 7 heavy (non-hydrogen) atoms. The van der Waals surface area contributed by atoms with Crippen molar-refractivity contribution < 1.29 is 4.74 Å². The van der Waals surface area contributed by atoms with Gasteiger partial charge in [0.1, 0.15) is 0 Å². The summed E-state index contributed by atoms with van der Waals surface area (Å²) in [5, 5.41) is 3.27. The third kappa shape index (κ3) is 3.09. The minimum atomic E-state index is 0.530. The van der Waals surface area contributed by atoms with E-state index in [9.17, 15) is 0 Å². The van der Waals surface area contributed by atoms with Gasteiger partial charge in [0.05, 0.1) is 6.61 Å². The molecule has 0 aromatic heterocycles. The highest BCUT2D eigenvalue weighted by Crippen LogP contribution is 1.74. The minimum Gasteiger partial charge on any atom is -0.480 e. The fraction of sp³-hybridized carbons (Fsp3) is 0.750. The van der Waals surface area contributed by atoms with E-state index in [1.807, 2.05) is 6.92 Å². The lowest BCUT2D eigenvalue weighted by molar-refractivity contribution is 0.323. The second-order valence-electron chi connectivity index (χ2n) is 1.08. The SMILES string of the molecule is CCOC(C)=NN. The van der Waals surface area contributed by atoms with E-state index in [1.165, 1.54) is 0 Å². The summed E-state index contributed by atoms with van der Waals surface area (Å²) in [5.74, 6) is 5.35. The van der Waals surface area contributed by atoms with Gasteiger partial charge in [0.25, 0.3) is 0 Å². The molecule has 0 bridgehead atoms. The van der Waals surface area contributed by atoms with Crippen molar-refractivity contribution >= 4 is 5.90 Å². The van der Waals surface area contributed by atoms with Crippen LogP contribution in [0.5, 0.6) is 0 Å². The molecule has 0 aliphatic rings. The Bertz CT molecular complexity index is 70.1. The normalized spacial score (nSPS) is 11.4. The topological polar surface area (TPSA) is 47.6 Å². The quantitative estimate of drug-likeness (QED) is 0.224. The Hall–Kier alpha value is -0.730. The van der Waals surface area contributed by atoms with Crippen LogP contribution >= 0.6 is 0 Å². The van der Waals surface area contributed by atoms with E-state index < -0.39 is 0 Å². The first-order valence-electron chi connectivity index (χ1n) is 2.18. The minimum absolute atomic E-state index is 0.530. The largest absolute Gasteiger partial charge is 0.480 e. The molecule has 0 heterocycles. The number of nitrogens with two attached hydrogens (primary N) is 1. The van der Waals surface area contributed by atoms with Gasteiger partial charge >= 0.3 is 0 Å². The predicted molar refractivity (Wildman–Crippen MR) is 28.9 cm³/mol. The predicted octanol–water partition coefficient (Wildman–Crippen LogP) is 0.315. The smallest absolute Gasteiger partial charge is 0.202 e. The fourth-order valence-corrected chi connectivity index (χ4v) is 0.246. The zero-order chi connectivity index (χ0) is 5.70. The molecular weight excluding hydrogens is 92.1 g/mol. The molecule has 0 aromatic rings. The summed E-state index contributed by atoms with van der Waals surface area (Å²) in [6.07, 6.45) is 0. The van der Waals surface area contributed by atoms with Crippen LogP contribution in [0.15, 0.2) is 5.10 Å². The molecule has 0 saturated carbocycles. The van der Waals surface area contributed by atoms with Gasteiger partial charge in [-0.3, -0.25) is 0 Å². The number of nitrogens with zero attached hydrogens (tertiary/aromatic N) is 1. The summed E-state index contributed by atoms with van der Waals surface area (Å²) in [5.41, 5.74) is 0. The van der Waals surface area contributed by atoms with E-state index in [2.05, 4.69) is 5.10 Å². The van der Waals surface area contributed by atoms with Crippen LogP contribution < -0.4 is 5.84 Å². The monoisotopic (exact) mass is 102 g/mol. The highest BCUT2D eigenvalue weighted by molar-refractivity contribution is 5.72. The van der Waals surface area contributed by atoms with Crippen LogP contribution in [0, 0.1) is 0 Å². The van der Waals surface area contributed by atoms with E-state index in [1.54, 1.807) is 6.92 Å². The summed E-state index contributed by atoms with van der Waals surface area (Å²) in [6.45, 7) is 4.23. The molecule has 0 unspecified atom stereocenters. The molecule has 0 amide bonds. The molecular formula is C4H10N2O. The first kappa shape index (κ1) is 6.27. The van der Waals surface area contributed by atoms with Crippen molar-refractivity contribution in [3.63, 3.8) is 0 Å². The molecule has 0 rings (SSSR count). The average molecular weight is 102 g/mol. The lowest BCUT2D eigenvalue weighted by atomic mass is 10.7. The Balaban J connectivity index is 3.17. The highest BCUT2D eigenvalue weighted by Gasteiger charge is 1.80. The third-order valence-electron chi connectivity index (χ3n) is 0.535. The van der Waals surface area contributed by atoms with Gasteiger partial charge in [-0.25, -0.2) is 0 Å².